The maximum atomic E-state index is 11.6. The van der Waals surface area contributed by atoms with Gasteiger partial charge >= 0.3 is 0 Å². The van der Waals surface area contributed by atoms with Crippen LogP contribution in [-0.4, -0.2) is 22.8 Å². The second-order valence-electron chi connectivity index (χ2n) is 4.48. The number of hydrogen-bond acceptors (Lipinski definition) is 3. The average Bonchev–Trinajstić information content (AvgIpc) is 2.52. The Labute approximate surface area is 96.5 Å². The van der Waals surface area contributed by atoms with Crippen LogP contribution in [0.3, 0.4) is 0 Å². The van der Waals surface area contributed by atoms with E-state index in [2.05, 4.69) is 6.92 Å². The van der Waals surface area contributed by atoms with Crippen LogP contribution in [0.4, 0.5) is 0 Å². The first-order valence-corrected chi connectivity index (χ1v) is 5.99. The Hall–Kier alpha value is -0.960. The Morgan fingerprint density at radius 2 is 2.25 bits per heavy atom. The van der Waals surface area contributed by atoms with Gasteiger partial charge in [-0.25, -0.2) is 0 Å². The number of hydrogen-bond donors (Lipinski definition) is 1. The van der Waals surface area contributed by atoms with Gasteiger partial charge in [0.05, 0.1) is 6.10 Å². The van der Waals surface area contributed by atoms with Crippen LogP contribution < -0.4 is 0 Å². The molecule has 0 aliphatic heterocycles. The second kappa shape index (κ2) is 5.94. The Bertz CT molecular complexity index is 304. The lowest BCUT2D eigenvalue weighted by atomic mass is 9.89. The monoisotopic (exact) mass is 224 g/mol. The van der Waals surface area contributed by atoms with Crippen molar-refractivity contribution in [2.75, 3.05) is 0 Å². The maximum Gasteiger partial charge on any atom is 0.162 e. The minimum Gasteiger partial charge on any atom is -0.389 e. The quantitative estimate of drug-likeness (QED) is 0.702. The highest BCUT2D eigenvalue weighted by atomic mass is 16.3. The number of unbranched alkanes of at least 4 members (excludes halogenated alkanes) is 2. The van der Waals surface area contributed by atoms with Crippen molar-refractivity contribution in [2.24, 2.45) is 5.92 Å². The molecule has 0 bridgehead atoms. The van der Waals surface area contributed by atoms with Gasteiger partial charge in [0.1, 0.15) is 5.78 Å². The van der Waals surface area contributed by atoms with E-state index in [1.54, 1.807) is 6.08 Å². The summed E-state index contributed by atoms with van der Waals surface area (Å²) in [5.74, 6) is -0.329. The smallest absolute Gasteiger partial charge is 0.162 e. The van der Waals surface area contributed by atoms with Gasteiger partial charge in [-0.2, -0.15) is 0 Å². The molecule has 1 N–H and O–H groups in total. The molecule has 0 amide bonds. The molecule has 90 valence electrons. The fourth-order valence-electron chi connectivity index (χ4n) is 2.15. The van der Waals surface area contributed by atoms with Gasteiger partial charge in [0.2, 0.25) is 0 Å². The van der Waals surface area contributed by atoms with Crippen molar-refractivity contribution in [3.8, 4) is 0 Å². The number of allylic oxidation sites excluding steroid dienone is 1. The van der Waals surface area contributed by atoms with Crippen LogP contribution in [0, 0.1) is 5.92 Å². The van der Waals surface area contributed by atoms with Gasteiger partial charge in [-0.1, -0.05) is 26.2 Å². The predicted octanol–water partition coefficient (Wildman–Crippen LogP) is 2.03. The number of ketones is 2. The Morgan fingerprint density at radius 1 is 1.56 bits per heavy atom. The molecule has 0 aromatic heterocycles. The number of aliphatic hydroxyl groups is 1. The molecule has 0 saturated heterocycles. The summed E-state index contributed by atoms with van der Waals surface area (Å²) >= 11 is 0. The molecule has 3 nitrogen and oxygen atoms in total. The van der Waals surface area contributed by atoms with E-state index in [9.17, 15) is 14.7 Å². The molecular weight excluding hydrogens is 204 g/mol. The number of carbonyl (C=O) groups is 2. The van der Waals surface area contributed by atoms with E-state index in [0.717, 1.165) is 25.7 Å². The van der Waals surface area contributed by atoms with E-state index in [-0.39, 0.29) is 23.9 Å². The molecule has 0 heterocycles. The molecule has 3 heteroatoms. The molecule has 1 aliphatic carbocycles. The van der Waals surface area contributed by atoms with Crippen molar-refractivity contribution in [3.63, 3.8) is 0 Å². The minimum absolute atomic E-state index is 0.0322. The van der Waals surface area contributed by atoms with Gasteiger partial charge in [0, 0.05) is 17.9 Å². The molecule has 0 aromatic carbocycles. The van der Waals surface area contributed by atoms with Crippen LogP contribution in [-0.2, 0) is 9.59 Å². The van der Waals surface area contributed by atoms with Crippen LogP contribution in [0.5, 0.6) is 0 Å². The van der Waals surface area contributed by atoms with Crippen LogP contribution in [0.1, 0.15) is 46.0 Å². The zero-order chi connectivity index (χ0) is 12.1. The summed E-state index contributed by atoms with van der Waals surface area (Å²) in [6, 6.07) is 0. The van der Waals surface area contributed by atoms with Gasteiger partial charge in [0.15, 0.2) is 5.78 Å². The van der Waals surface area contributed by atoms with Crippen molar-refractivity contribution in [2.45, 2.75) is 52.1 Å². The van der Waals surface area contributed by atoms with Crippen molar-refractivity contribution < 1.29 is 14.7 Å². The van der Waals surface area contributed by atoms with E-state index < -0.39 is 6.10 Å². The highest BCUT2D eigenvalue weighted by Crippen LogP contribution is 2.27. The average molecular weight is 224 g/mol. The standard InChI is InChI=1S/C13H20O3/c1-3-4-5-6-11(9(2)14)12-7-10(15)8-13(12)16/h7,10-11,15H,3-6,8H2,1-2H3. The topological polar surface area (TPSA) is 54.4 Å². The normalized spacial score (nSPS) is 22.1. The highest BCUT2D eigenvalue weighted by molar-refractivity contribution is 6.03. The zero-order valence-electron chi connectivity index (χ0n) is 10.0. The van der Waals surface area contributed by atoms with Gasteiger partial charge in [-0.15, -0.1) is 0 Å². The molecule has 0 fully saturated rings. The van der Waals surface area contributed by atoms with Crippen molar-refractivity contribution >= 4 is 11.6 Å². The molecule has 0 saturated carbocycles. The SMILES string of the molecule is CCCCCC(C(C)=O)C1=CC(O)CC1=O. The minimum atomic E-state index is -0.685. The lowest BCUT2D eigenvalue weighted by Gasteiger charge is -2.13. The van der Waals surface area contributed by atoms with E-state index >= 15 is 0 Å². The summed E-state index contributed by atoms with van der Waals surface area (Å²) in [6.07, 6.45) is 4.88. The Balaban J connectivity index is 2.66. The molecular formula is C13H20O3. The third kappa shape index (κ3) is 3.27. The maximum absolute atomic E-state index is 11.6. The first-order valence-electron chi connectivity index (χ1n) is 5.99. The van der Waals surface area contributed by atoms with Crippen molar-refractivity contribution in [1.29, 1.82) is 0 Å². The summed E-state index contributed by atoms with van der Waals surface area (Å²) in [4.78, 5) is 23.1. The molecule has 0 radical (unpaired) electrons. The third-order valence-corrected chi connectivity index (χ3v) is 3.05. The second-order valence-corrected chi connectivity index (χ2v) is 4.48. The van der Waals surface area contributed by atoms with Crippen LogP contribution in [0.2, 0.25) is 0 Å². The van der Waals surface area contributed by atoms with Gasteiger partial charge < -0.3 is 5.11 Å². The molecule has 0 aromatic rings. The zero-order valence-corrected chi connectivity index (χ0v) is 10.0. The van der Waals surface area contributed by atoms with E-state index in [1.165, 1.54) is 6.92 Å². The molecule has 1 rings (SSSR count). The van der Waals surface area contributed by atoms with Crippen LogP contribution >= 0.6 is 0 Å². The number of aliphatic hydroxyl groups excluding tert-OH is 1. The van der Waals surface area contributed by atoms with Crippen LogP contribution in [0.15, 0.2) is 11.6 Å². The largest absolute Gasteiger partial charge is 0.389 e. The summed E-state index contributed by atoms with van der Waals surface area (Å²) in [5, 5.41) is 9.36. The predicted molar refractivity (Wildman–Crippen MR) is 62.0 cm³/mol. The van der Waals surface area contributed by atoms with E-state index in [4.69, 9.17) is 0 Å². The van der Waals surface area contributed by atoms with Crippen molar-refractivity contribution in [3.05, 3.63) is 11.6 Å². The number of carbonyl (C=O) groups excluding carboxylic acids is 2. The summed E-state index contributed by atoms with van der Waals surface area (Å²) in [6.45, 7) is 3.63. The Kier molecular flexibility index (Phi) is 4.87. The molecule has 1 aliphatic rings. The molecule has 16 heavy (non-hydrogen) atoms. The van der Waals surface area contributed by atoms with Gasteiger partial charge in [-0.3, -0.25) is 9.59 Å². The summed E-state index contributed by atoms with van der Waals surface area (Å²) in [7, 11) is 0. The third-order valence-electron chi connectivity index (χ3n) is 3.05. The molecule has 2 atom stereocenters. The number of Topliss-reactive ketones (excluding diaryl/α,β-unsaturated/α-hetero) is 2. The van der Waals surface area contributed by atoms with Crippen LogP contribution in [0.25, 0.3) is 0 Å². The summed E-state index contributed by atoms with van der Waals surface area (Å²) in [5.41, 5.74) is 0.538. The summed E-state index contributed by atoms with van der Waals surface area (Å²) < 4.78 is 0. The molecule has 2 unspecified atom stereocenters. The fraction of sp³-hybridized carbons (Fsp3) is 0.692. The van der Waals surface area contributed by atoms with Gasteiger partial charge in [0.25, 0.3) is 0 Å². The highest BCUT2D eigenvalue weighted by Gasteiger charge is 2.30. The molecule has 0 spiro atoms. The van der Waals surface area contributed by atoms with E-state index in [1.807, 2.05) is 0 Å². The lowest BCUT2D eigenvalue weighted by Crippen LogP contribution is -2.17. The Morgan fingerprint density at radius 3 is 2.69 bits per heavy atom. The van der Waals surface area contributed by atoms with E-state index in [0.29, 0.717) is 5.57 Å². The first kappa shape index (κ1) is 13.1. The van der Waals surface area contributed by atoms with Gasteiger partial charge in [-0.05, 0) is 19.4 Å². The lowest BCUT2D eigenvalue weighted by molar-refractivity contribution is -0.123. The fourth-order valence-corrected chi connectivity index (χ4v) is 2.15. The number of rotatable bonds is 6. The van der Waals surface area contributed by atoms with Crippen molar-refractivity contribution in [1.82, 2.24) is 0 Å². The first-order chi connectivity index (χ1) is 7.56.